The second kappa shape index (κ2) is 21.9. The van der Waals surface area contributed by atoms with Crippen molar-refractivity contribution >= 4 is 45.0 Å². The SMILES string of the molecule is Cc1ccc2c(c1)Cc1c(cnn1C)CN2C(=O)c1ccc(CCC(=O)N2CCN(S(C)(=O)=O)CC2)c(C)c1.Cc1ccc2c(c1)Cc1c(cnn1C)CN2C(=O)c1ccc(CCC(=O)N2CCNCC2)c(C)c1. The minimum absolute atomic E-state index is 0.0154. The summed E-state index contributed by atoms with van der Waals surface area (Å²) < 4.78 is 28.7. The molecular weight excluding hydrogens is 953 g/mol. The first-order chi connectivity index (χ1) is 35.4. The van der Waals surface area contributed by atoms with Gasteiger partial charge in [0, 0.05) is 137 Å². The predicted octanol–water partition coefficient (Wildman–Crippen LogP) is 5.98. The summed E-state index contributed by atoms with van der Waals surface area (Å²) in [5.41, 5.74) is 16.3. The average Bonchev–Trinajstić information content (AvgIpc) is 3.78. The molecule has 388 valence electrons. The quantitative estimate of drug-likeness (QED) is 0.184. The molecule has 10 rings (SSSR count). The first kappa shape index (κ1) is 51.9. The number of fused-ring (bicyclic) bond motifs is 4. The third-order valence-electron chi connectivity index (χ3n) is 15.1. The van der Waals surface area contributed by atoms with Crippen molar-refractivity contribution in [3.05, 3.63) is 163 Å². The van der Waals surface area contributed by atoms with E-state index in [0.29, 0.717) is 76.1 Å². The molecule has 0 bridgehead atoms. The van der Waals surface area contributed by atoms with Crippen LogP contribution in [0.15, 0.2) is 85.2 Å². The monoisotopic (exact) mass is 1020 g/mol. The van der Waals surface area contributed by atoms with Crippen LogP contribution >= 0.6 is 0 Å². The Morgan fingerprint density at radius 1 is 0.554 bits per heavy atom. The lowest BCUT2D eigenvalue weighted by molar-refractivity contribution is -0.132. The number of carbonyl (C=O) groups excluding carboxylic acids is 4. The van der Waals surface area contributed by atoms with Crippen LogP contribution in [-0.4, -0.2) is 124 Å². The summed E-state index contributed by atoms with van der Waals surface area (Å²) in [5.74, 6) is 0.144. The largest absolute Gasteiger partial charge is 0.340 e. The fraction of sp³-hybridized carbons (Fsp3) is 0.404. The summed E-state index contributed by atoms with van der Waals surface area (Å²) in [6.45, 7) is 13.9. The van der Waals surface area contributed by atoms with E-state index >= 15 is 0 Å². The van der Waals surface area contributed by atoms with Gasteiger partial charge in [0.05, 0.1) is 31.7 Å². The Balaban J connectivity index is 0.000000183. The minimum Gasteiger partial charge on any atom is -0.340 e. The van der Waals surface area contributed by atoms with E-state index in [1.807, 2.05) is 113 Å². The molecule has 6 aromatic rings. The van der Waals surface area contributed by atoms with Crippen LogP contribution in [0, 0.1) is 27.7 Å². The molecule has 0 atom stereocenters. The number of benzene rings is 4. The highest BCUT2D eigenvalue weighted by Crippen LogP contribution is 2.35. The Morgan fingerprint density at radius 3 is 1.41 bits per heavy atom. The van der Waals surface area contributed by atoms with Crippen LogP contribution in [0.2, 0.25) is 0 Å². The molecule has 4 aliphatic heterocycles. The van der Waals surface area contributed by atoms with Crippen molar-refractivity contribution in [2.75, 3.05) is 68.4 Å². The molecule has 74 heavy (non-hydrogen) atoms. The first-order valence-corrected chi connectivity index (χ1v) is 27.5. The number of hydrogen-bond donors (Lipinski definition) is 1. The number of hydrogen-bond acceptors (Lipinski definition) is 9. The van der Waals surface area contributed by atoms with Crippen molar-refractivity contribution in [2.24, 2.45) is 14.1 Å². The molecule has 4 aliphatic rings. The van der Waals surface area contributed by atoms with E-state index in [1.54, 1.807) is 4.90 Å². The van der Waals surface area contributed by atoms with Crippen LogP contribution in [0.5, 0.6) is 0 Å². The van der Waals surface area contributed by atoms with Gasteiger partial charge in [0.15, 0.2) is 0 Å². The lowest BCUT2D eigenvalue weighted by Gasteiger charge is -2.33. The third kappa shape index (κ3) is 11.4. The Hall–Kier alpha value is -6.95. The van der Waals surface area contributed by atoms with E-state index in [1.165, 1.54) is 16.1 Å². The number of amides is 4. The van der Waals surface area contributed by atoms with Crippen molar-refractivity contribution in [3.8, 4) is 0 Å². The number of nitrogens with one attached hydrogen (secondary N) is 1. The minimum atomic E-state index is -3.23. The Morgan fingerprint density at radius 2 is 0.986 bits per heavy atom. The van der Waals surface area contributed by atoms with Crippen molar-refractivity contribution in [1.29, 1.82) is 0 Å². The lowest BCUT2D eigenvalue weighted by atomic mass is 9.99. The molecule has 2 saturated heterocycles. The molecule has 0 saturated carbocycles. The third-order valence-corrected chi connectivity index (χ3v) is 16.4. The molecule has 0 radical (unpaired) electrons. The van der Waals surface area contributed by atoms with Gasteiger partial charge in [-0.3, -0.25) is 28.5 Å². The van der Waals surface area contributed by atoms with E-state index in [4.69, 9.17) is 0 Å². The maximum Gasteiger partial charge on any atom is 0.258 e. The topological polar surface area (TPSA) is 166 Å². The number of piperazine rings is 2. The highest BCUT2D eigenvalue weighted by Gasteiger charge is 2.30. The highest BCUT2D eigenvalue weighted by molar-refractivity contribution is 7.88. The van der Waals surface area contributed by atoms with Crippen molar-refractivity contribution < 1.29 is 27.6 Å². The van der Waals surface area contributed by atoms with Gasteiger partial charge in [0.25, 0.3) is 11.8 Å². The smallest absolute Gasteiger partial charge is 0.258 e. The fourth-order valence-electron chi connectivity index (χ4n) is 10.7. The number of aromatic nitrogens is 4. The normalized spacial score (nSPS) is 15.7. The zero-order chi connectivity index (χ0) is 52.4. The summed E-state index contributed by atoms with van der Waals surface area (Å²) >= 11 is 0. The predicted molar refractivity (Wildman–Crippen MR) is 287 cm³/mol. The van der Waals surface area contributed by atoms with Crippen molar-refractivity contribution in [2.45, 2.75) is 79.3 Å². The second-order valence-electron chi connectivity index (χ2n) is 20.3. The molecular formula is C57H68N10O6S. The summed E-state index contributed by atoms with van der Waals surface area (Å²) in [6, 6.07) is 24.1. The maximum atomic E-state index is 13.8. The maximum absolute atomic E-state index is 13.8. The molecule has 16 nitrogen and oxygen atoms in total. The van der Waals surface area contributed by atoms with Gasteiger partial charge in [-0.2, -0.15) is 14.5 Å². The van der Waals surface area contributed by atoms with E-state index in [-0.39, 0.29) is 23.6 Å². The van der Waals surface area contributed by atoms with Gasteiger partial charge in [-0.25, -0.2) is 8.42 Å². The summed E-state index contributed by atoms with van der Waals surface area (Å²) in [4.78, 5) is 60.4. The van der Waals surface area contributed by atoms with Gasteiger partial charge >= 0.3 is 0 Å². The average molecular weight is 1020 g/mol. The van der Waals surface area contributed by atoms with Crippen LogP contribution < -0.4 is 15.1 Å². The zero-order valence-electron chi connectivity index (χ0n) is 43.8. The van der Waals surface area contributed by atoms with E-state index in [0.717, 1.165) is 112 Å². The van der Waals surface area contributed by atoms with E-state index in [2.05, 4.69) is 53.6 Å². The molecule has 0 unspecified atom stereocenters. The molecule has 2 fully saturated rings. The van der Waals surface area contributed by atoms with Crippen LogP contribution in [0.25, 0.3) is 0 Å². The van der Waals surface area contributed by atoms with E-state index < -0.39 is 10.0 Å². The number of nitrogens with zero attached hydrogens (tertiary/aromatic N) is 9. The number of carbonyl (C=O) groups is 4. The van der Waals surface area contributed by atoms with Gasteiger partial charge in [-0.05, 0) is 110 Å². The number of aryl methyl sites for hydroxylation is 8. The Kier molecular flexibility index (Phi) is 15.3. The lowest BCUT2D eigenvalue weighted by Crippen LogP contribution is -2.50. The van der Waals surface area contributed by atoms with Gasteiger partial charge < -0.3 is 24.9 Å². The highest BCUT2D eigenvalue weighted by atomic mass is 32.2. The summed E-state index contributed by atoms with van der Waals surface area (Å²) in [5, 5.41) is 12.2. The molecule has 1 N–H and O–H groups in total. The first-order valence-electron chi connectivity index (χ1n) is 25.6. The van der Waals surface area contributed by atoms with Gasteiger partial charge in [-0.1, -0.05) is 47.5 Å². The Labute approximate surface area is 435 Å². The summed E-state index contributed by atoms with van der Waals surface area (Å²) in [6.07, 6.45) is 8.49. The zero-order valence-corrected chi connectivity index (χ0v) is 44.6. The van der Waals surface area contributed by atoms with Crippen molar-refractivity contribution in [1.82, 2.24) is 39.0 Å². The number of sulfonamides is 1. The molecule has 4 aromatic carbocycles. The van der Waals surface area contributed by atoms with Crippen LogP contribution in [0.1, 0.15) is 101 Å². The molecule has 0 aliphatic carbocycles. The number of anilines is 2. The second-order valence-corrected chi connectivity index (χ2v) is 22.3. The van der Waals surface area contributed by atoms with Crippen LogP contribution in [0.3, 0.4) is 0 Å². The fourth-order valence-corrected chi connectivity index (χ4v) is 11.5. The van der Waals surface area contributed by atoms with E-state index in [9.17, 15) is 27.6 Å². The van der Waals surface area contributed by atoms with Gasteiger partial charge in [0.1, 0.15) is 0 Å². The Bertz CT molecular complexity index is 3240. The molecule has 6 heterocycles. The molecule has 0 spiro atoms. The molecule has 17 heteroatoms. The molecule has 2 aromatic heterocycles. The summed E-state index contributed by atoms with van der Waals surface area (Å²) in [7, 11) is 0.669. The van der Waals surface area contributed by atoms with Crippen LogP contribution in [-0.2, 0) is 72.5 Å². The standard InChI is InChI=1S/C29H35N5O4S.C28H33N5O2/c1-20-5-9-26-24(15-20)17-27-25(18-30-31(27)3)19-34(26)29(36)23-7-6-22(21(2)16-23)8-10-28(35)32-11-13-33(14-12-32)39(4,37)38;1-19-4-8-25-23(14-19)16-26-24(17-30-31(26)3)18-33(25)28(35)22-6-5-21(20(2)15-22)7-9-27(34)32-12-10-29-11-13-32/h5-7,9,15-16,18H,8,10-14,17,19H2,1-4H3;4-6,8,14-15,17,29H,7,9-13,16,18H2,1-3H3. The molecule has 4 amide bonds. The van der Waals surface area contributed by atoms with Crippen LogP contribution in [0.4, 0.5) is 11.4 Å². The van der Waals surface area contributed by atoms with Crippen molar-refractivity contribution in [3.63, 3.8) is 0 Å². The van der Waals surface area contributed by atoms with Gasteiger partial charge in [0.2, 0.25) is 21.8 Å². The van der Waals surface area contributed by atoms with Gasteiger partial charge in [-0.15, -0.1) is 0 Å². The number of rotatable bonds is 9.